The Balaban J connectivity index is 1.35. The summed E-state index contributed by atoms with van der Waals surface area (Å²) in [5.74, 6) is 1.72. The molecule has 0 spiro atoms. The first kappa shape index (κ1) is 17.7. The van der Waals surface area contributed by atoms with Gasteiger partial charge >= 0.3 is 0 Å². The zero-order chi connectivity index (χ0) is 18.6. The van der Waals surface area contributed by atoms with Crippen molar-refractivity contribution in [3.8, 4) is 11.1 Å². The summed E-state index contributed by atoms with van der Waals surface area (Å²) in [6.45, 7) is 6.93. The molecular formula is C22H27N5. The van der Waals surface area contributed by atoms with E-state index in [0.717, 1.165) is 44.1 Å². The molecule has 27 heavy (non-hydrogen) atoms. The van der Waals surface area contributed by atoms with Crippen molar-refractivity contribution < 1.29 is 0 Å². The molecule has 0 bridgehead atoms. The van der Waals surface area contributed by atoms with Crippen molar-refractivity contribution in [2.75, 3.05) is 18.0 Å². The van der Waals surface area contributed by atoms with Crippen LogP contribution in [0.4, 0.5) is 5.69 Å². The minimum atomic E-state index is 0.528. The van der Waals surface area contributed by atoms with E-state index in [-0.39, 0.29) is 0 Å². The molecule has 1 aliphatic rings. The molecule has 2 heterocycles. The zero-order valence-corrected chi connectivity index (χ0v) is 16.1. The molecular weight excluding hydrogens is 334 g/mol. The maximum Gasteiger partial charge on any atom is 0.164 e. The molecule has 1 fully saturated rings. The topological polar surface area (TPSA) is 56.8 Å². The van der Waals surface area contributed by atoms with E-state index in [1.165, 1.54) is 22.4 Å². The number of nitrogens with zero attached hydrogens (tertiary/aromatic N) is 3. The average Bonchev–Trinajstić information content (AvgIpc) is 3.13. The molecule has 1 saturated heterocycles. The van der Waals surface area contributed by atoms with Crippen LogP contribution in [0.1, 0.15) is 30.1 Å². The number of anilines is 1. The van der Waals surface area contributed by atoms with Crippen LogP contribution in [0.5, 0.6) is 0 Å². The Morgan fingerprint density at radius 1 is 1.04 bits per heavy atom. The minimum absolute atomic E-state index is 0.528. The fraction of sp³-hybridized carbons (Fsp3) is 0.364. The minimum Gasteiger partial charge on any atom is -0.371 e. The Labute approximate surface area is 160 Å². The first-order chi connectivity index (χ1) is 13.2. The summed E-state index contributed by atoms with van der Waals surface area (Å²) in [5, 5.41) is 10.7. The van der Waals surface area contributed by atoms with Crippen molar-refractivity contribution >= 4 is 5.69 Å². The van der Waals surface area contributed by atoms with Gasteiger partial charge in [0.05, 0.1) is 6.54 Å². The summed E-state index contributed by atoms with van der Waals surface area (Å²) in [4.78, 5) is 6.85. The smallest absolute Gasteiger partial charge is 0.164 e. The van der Waals surface area contributed by atoms with E-state index in [9.17, 15) is 0 Å². The highest BCUT2D eigenvalue weighted by molar-refractivity contribution is 5.68. The van der Waals surface area contributed by atoms with Crippen LogP contribution >= 0.6 is 0 Å². The van der Waals surface area contributed by atoms with Gasteiger partial charge in [0.2, 0.25) is 0 Å². The lowest BCUT2D eigenvalue weighted by Crippen LogP contribution is -2.42. The second-order valence-corrected chi connectivity index (χ2v) is 7.40. The summed E-state index contributed by atoms with van der Waals surface area (Å²) >= 11 is 0. The van der Waals surface area contributed by atoms with Gasteiger partial charge in [-0.1, -0.05) is 42.0 Å². The van der Waals surface area contributed by atoms with Gasteiger partial charge in [-0.25, -0.2) is 4.98 Å². The monoisotopic (exact) mass is 361 g/mol. The molecule has 0 saturated carbocycles. The van der Waals surface area contributed by atoms with E-state index in [0.29, 0.717) is 6.04 Å². The Morgan fingerprint density at radius 2 is 1.81 bits per heavy atom. The molecule has 2 aromatic carbocycles. The Hall–Kier alpha value is -2.66. The van der Waals surface area contributed by atoms with Crippen LogP contribution in [0.2, 0.25) is 0 Å². The van der Waals surface area contributed by atoms with Crippen molar-refractivity contribution in [2.24, 2.45) is 0 Å². The number of hydrogen-bond donors (Lipinski definition) is 2. The van der Waals surface area contributed by atoms with E-state index < -0.39 is 0 Å². The van der Waals surface area contributed by atoms with Gasteiger partial charge in [0.25, 0.3) is 0 Å². The van der Waals surface area contributed by atoms with E-state index >= 15 is 0 Å². The number of piperidine rings is 1. The van der Waals surface area contributed by atoms with Crippen LogP contribution in [0.25, 0.3) is 11.1 Å². The molecule has 5 heteroatoms. The third-order valence-electron chi connectivity index (χ3n) is 5.28. The van der Waals surface area contributed by atoms with Crippen LogP contribution in [0.15, 0.2) is 48.5 Å². The molecule has 3 aromatic rings. The summed E-state index contributed by atoms with van der Waals surface area (Å²) in [7, 11) is 0. The van der Waals surface area contributed by atoms with Crippen LogP contribution in [-0.2, 0) is 6.54 Å². The summed E-state index contributed by atoms with van der Waals surface area (Å²) < 4.78 is 0. The van der Waals surface area contributed by atoms with E-state index in [4.69, 9.17) is 0 Å². The summed E-state index contributed by atoms with van der Waals surface area (Å²) in [5.41, 5.74) is 5.18. The van der Waals surface area contributed by atoms with Gasteiger partial charge in [-0.15, -0.1) is 0 Å². The molecule has 4 rings (SSSR count). The largest absolute Gasteiger partial charge is 0.371 e. The fourth-order valence-corrected chi connectivity index (χ4v) is 3.67. The summed E-state index contributed by atoms with van der Waals surface area (Å²) in [6.07, 6.45) is 2.27. The number of hydrogen-bond acceptors (Lipinski definition) is 4. The maximum atomic E-state index is 4.36. The lowest BCUT2D eigenvalue weighted by Gasteiger charge is -2.34. The molecule has 0 radical (unpaired) electrons. The highest BCUT2D eigenvalue weighted by atomic mass is 15.2. The number of benzene rings is 2. The van der Waals surface area contributed by atoms with Gasteiger partial charge in [0.1, 0.15) is 5.82 Å². The van der Waals surface area contributed by atoms with Gasteiger partial charge in [0, 0.05) is 24.8 Å². The van der Waals surface area contributed by atoms with Gasteiger partial charge in [-0.3, -0.25) is 5.10 Å². The van der Waals surface area contributed by atoms with Crippen LogP contribution < -0.4 is 10.2 Å². The number of H-pyrrole nitrogens is 1. The average molecular weight is 361 g/mol. The van der Waals surface area contributed by atoms with E-state index in [2.05, 4.69) is 80.9 Å². The Morgan fingerprint density at radius 3 is 2.52 bits per heavy atom. The SMILES string of the molecule is Cc1ccc(-c2cccc(N3CCC(NCc4n[nH]c(C)n4)CC3)c2)cc1. The third-order valence-corrected chi connectivity index (χ3v) is 5.28. The standard InChI is InChI=1S/C22H27N5/c1-16-6-8-18(9-7-16)19-4-3-5-21(14-19)27-12-10-20(11-13-27)23-15-22-24-17(2)25-26-22/h3-9,14,20,23H,10-13,15H2,1-2H3,(H,24,25,26). The van der Waals surface area contributed by atoms with E-state index in [1.54, 1.807) is 0 Å². The molecule has 1 aliphatic heterocycles. The molecule has 2 N–H and O–H groups in total. The molecule has 5 nitrogen and oxygen atoms in total. The van der Waals surface area contributed by atoms with Gasteiger partial charge in [-0.05, 0) is 49.9 Å². The van der Waals surface area contributed by atoms with Crippen molar-refractivity contribution in [1.29, 1.82) is 0 Å². The zero-order valence-electron chi connectivity index (χ0n) is 16.1. The molecule has 0 aliphatic carbocycles. The van der Waals surface area contributed by atoms with Gasteiger partial charge in [-0.2, -0.15) is 5.10 Å². The number of aryl methyl sites for hydroxylation is 2. The van der Waals surface area contributed by atoms with E-state index in [1.807, 2.05) is 6.92 Å². The van der Waals surface area contributed by atoms with Crippen molar-refractivity contribution in [3.05, 3.63) is 65.7 Å². The fourth-order valence-electron chi connectivity index (χ4n) is 3.67. The lowest BCUT2D eigenvalue weighted by molar-refractivity contribution is 0.410. The highest BCUT2D eigenvalue weighted by Gasteiger charge is 2.19. The number of rotatable bonds is 5. The quantitative estimate of drug-likeness (QED) is 0.725. The predicted molar refractivity (Wildman–Crippen MR) is 110 cm³/mol. The van der Waals surface area contributed by atoms with Gasteiger partial charge in [0.15, 0.2) is 5.82 Å². The first-order valence-corrected chi connectivity index (χ1v) is 9.71. The normalized spacial score (nSPS) is 15.3. The molecule has 0 unspecified atom stereocenters. The summed E-state index contributed by atoms with van der Waals surface area (Å²) in [6, 6.07) is 18.2. The second kappa shape index (κ2) is 7.92. The van der Waals surface area contributed by atoms with Gasteiger partial charge < -0.3 is 10.2 Å². The third kappa shape index (κ3) is 4.37. The Kier molecular flexibility index (Phi) is 5.21. The molecule has 0 amide bonds. The van der Waals surface area contributed by atoms with Crippen LogP contribution in [0.3, 0.4) is 0 Å². The molecule has 1 aromatic heterocycles. The van der Waals surface area contributed by atoms with Crippen molar-refractivity contribution in [3.63, 3.8) is 0 Å². The lowest BCUT2D eigenvalue weighted by atomic mass is 10.0. The van der Waals surface area contributed by atoms with Crippen LogP contribution in [-0.4, -0.2) is 34.3 Å². The Bertz CT molecular complexity index is 876. The predicted octanol–water partition coefficient (Wildman–Crippen LogP) is 3.85. The molecule has 140 valence electrons. The highest BCUT2D eigenvalue weighted by Crippen LogP contribution is 2.27. The van der Waals surface area contributed by atoms with Crippen molar-refractivity contribution in [1.82, 2.24) is 20.5 Å². The number of aromatic nitrogens is 3. The maximum absolute atomic E-state index is 4.36. The number of aromatic amines is 1. The second-order valence-electron chi connectivity index (χ2n) is 7.40. The molecule has 0 atom stereocenters. The first-order valence-electron chi connectivity index (χ1n) is 9.71. The number of nitrogens with one attached hydrogen (secondary N) is 2. The van der Waals surface area contributed by atoms with Crippen molar-refractivity contribution in [2.45, 2.75) is 39.3 Å². The van der Waals surface area contributed by atoms with Crippen LogP contribution in [0, 0.1) is 13.8 Å².